The van der Waals surface area contributed by atoms with Crippen LogP contribution in [0.5, 0.6) is 0 Å². The minimum Gasteiger partial charge on any atom is -0.480 e. The van der Waals surface area contributed by atoms with Crippen molar-refractivity contribution in [2.24, 2.45) is 5.73 Å². The molecule has 1 aromatic carbocycles. The second-order valence-corrected chi connectivity index (χ2v) is 6.57. The largest absolute Gasteiger partial charge is 0.480 e. The first-order chi connectivity index (χ1) is 13.0. The van der Waals surface area contributed by atoms with Crippen LogP contribution in [0.25, 0.3) is 0 Å². The molecule has 0 radical (unpaired) electrons. The van der Waals surface area contributed by atoms with Gasteiger partial charge in [-0.25, -0.2) is 4.79 Å². The Morgan fingerprint density at radius 1 is 1.25 bits per heavy atom. The summed E-state index contributed by atoms with van der Waals surface area (Å²) in [5.74, 6) is -1.76. The Morgan fingerprint density at radius 2 is 1.86 bits per heavy atom. The van der Waals surface area contributed by atoms with Gasteiger partial charge in [-0.1, -0.05) is 43.4 Å². The van der Waals surface area contributed by atoms with E-state index in [1.54, 1.807) is 0 Å². The van der Waals surface area contributed by atoms with Crippen LogP contribution < -0.4 is 11.1 Å². The summed E-state index contributed by atoms with van der Waals surface area (Å²) in [4.78, 5) is 21.7. The highest BCUT2D eigenvalue weighted by molar-refractivity contribution is 5.82. The SMILES string of the molecule is CC(=O)NC(Cc1ccc(C(F)(F)F)cc1)C(=O)O.CC[C@]1(N)C=CC=CC1. The number of rotatable bonds is 5. The molecule has 28 heavy (non-hydrogen) atoms. The van der Waals surface area contributed by atoms with Crippen LogP contribution in [0.4, 0.5) is 13.2 Å². The Hall–Kier alpha value is -2.61. The molecule has 2 atom stereocenters. The number of allylic oxidation sites excluding steroid dienone is 2. The summed E-state index contributed by atoms with van der Waals surface area (Å²) in [6.45, 7) is 3.28. The highest BCUT2D eigenvalue weighted by Crippen LogP contribution is 2.29. The van der Waals surface area contributed by atoms with Gasteiger partial charge in [0.2, 0.25) is 5.91 Å². The van der Waals surface area contributed by atoms with E-state index in [9.17, 15) is 22.8 Å². The number of alkyl halides is 3. The zero-order valence-electron chi connectivity index (χ0n) is 15.8. The van der Waals surface area contributed by atoms with Gasteiger partial charge in [-0.3, -0.25) is 4.79 Å². The van der Waals surface area contributed by atoms with Gasteiger partial charge in [-0.15, -0.1) is 0 Å². The van der Waals surface area contributed by atoms with Crippen LogP contribution in [0.15, 0.2) is 48.6 Å². The number of amides is 1. The Bertz CT molecular complexity index is 727. The summed E-state index contributed by atoms with van der Waals surface area (Å²) in [5.41, 5.74) is 5.47. The molecule has 1 amide bonds. The van der Waals surface area contributed by atoms with Gasteiger partial charge in [0, 0.05) is 18.9 Å². The maximum Gasteiger partial charge on any atom is 0.416 e. The lowest BCUT2D eigenvalue weighted by Crippen LogP contribution is -2.41. The van der Waals surface area contributed by atoms with Gasteiger partial charge in [-0.05, 0) is 30.5 Å². The van der Waals surface area contributed by atoms with Crippen LogP contribution in [0.3, 0.4) is 0 Å². The number of hydrogen-bond donors (Lipinski definition) is 3. The Kier molecular flexibility index (Phi) is 8.43. The van der Waals surface area contributed by atoms with Crippen molar-refractivity contribution >= 4 is 11.9 Å². The Balaban J connectivity index is 0.000000362. The second kappa shape index (κ2) is 10.1. The third kappa shape index (κ3) is 7.96. The summed E-state index contributed by atoms with van der Waals surface area (Å²) >= 11 is 0. The third-order valence-corrected chi connectivity index (χ3v) is 4.23. The van der Waals surface area contributed by atoms with Crippen molar-refractivity contribution in [2.75, 3.05) is 0 Å². The molecule has 0 heterocycles. The molecule has 4 N–H and O–H groups in total. The average molecular weight is 398 g/mol. The van der Waals surface area contributed by atoms with E-state index in [1.165, 1.54) is 19.1 Å². The normalized spacial score (nSPS) is 19.4. The fraction of sp³-hybridized carbons (Fsp3) is 0.400. The number of halogens is 3. The van der Waals surface area contributed by atoms with E-state index in [2.05, 4.69) is 24.4 Å². The van der Waals surface area contributed by atoms with Gasteiger partial charge < -0.3 is 16.2 Å². The molecule has 8 heteroatoms. The highest BCUT2D eigenvalue weighted by Gasteiger charge is 2.30. The number of nitrogens with two attached hydrogens (primary N) is 1. The molecule has 0 aliphatic heterocycles. The molecule has 0 fully saturated rings. The zero-order valence-corrected chi connectivity index (χ0v) is 15.8. The maximum absolute atomic E-state index is 12.3. The highest BCUT2D eigenvalue weighted by atomic mass is 19.4. The van der Waals surface area contributed by atoms with Gasteiger partial charge in [0.25, 0.3) is 0 Å². The summed E-state index contributed by atoms with van der Waals surface area (Å²) < 4.78 is 37.0. The van der Waals surface area contributed by atoms with Gasteiger partial charge in [0.1, 0.15) is 6.04 Å². The number of carboxylic acid groups (broad SMARTS) is 1. The van der Waals surface area contributed by atoms with Gasteiger partial charge in [-0.2, -0.15) is 13.2 Å². The molecule has 2 rings (SSSR count). The van der Waals surface area contributed by atoms with Gasteiger partial charge in [0.05, 0.1) is 5.56 Å². The molecule has 0 bridgehead atoms. The molecule has 1 aliphatic rings. The first-order valence-corrected chi connectivity index (χ1v) is 8.76. The number of carbonyl (C=O) groups is 2. The molecular weight excluding hydrogens is 373 g/mol. The van der Waals surface area contributed by atoms with E-state index < -0.39 is 29.7 Å². The molecule has 1 aliphatic carbocycles. The lowest BCUT2D eigenvalue weighted by Gasteiger charge is -2.23. The lowest BCUT2D eigenvalue weighted by atomic mass is 9.90. The molecule has 0 saturated heterocycles. The van der Waals surface area contributed by atoms with E-state index in [1.807, 2.05) is 12.2 Å². The molecule has 5 nitrogen and oxygen atoms in total. The first kappa shape index (κ1) is 23.4. The van der Waals surface area contributed by atoms with Crippen molar-refractivity contribution in [3.63, 3.8) is 0 Å². The number of carbonyl (C=O) groups excluding carboxylic acids is 1. The fourth-order valence-corrected chi connectivity index (χ4v) is 2.45. The van der Waals surface area contributed by atoms with E-state index in [0.29, 0.717) is 5.56 Å². The number of nitrogens with one attached hydrogen (secondary N) is 1. The quantitative estimate of drug-likeness (QED) is 0.708. The summed E-state index contributed by atoms with van der Waals surface area (Å²) in [5, 5.41) is 11.1. The van der Waals surface area contributed by atoms with E-state index in [-0.39, 0.29) is 12.0 Å². The summed E-state index contributed by atoms with van der Waals surface area (Å²) in [6.07, 6.45) is 5.76. The Labute approximate surface area is 162 Å². The van der Waals surface area contributed by atoms with Crippen molar-refractivity contribution in [1.82, 2.24) is 5.32 Å². The predicted octanol–water partition coefficient (Wildman–Crippen LogP) is 3.45. The number of aliphatic carboxylic acids is 1. The van der Waals surface area contributed by atoms with Crippen LogP contribution in [0.1, 0.15) is 37.8 Å². The van der Waals surface area contributed by atoms with E-state index in [0.717, 1.165) is 25.0 Å². The third-order valence-electron chi connectivity index (χ3n) is 4.23. The zero-order chi connectivity index (χ0) is 21.4. The van der Waals surface area contributed by atoms with Crippen molar-refractivity contribution in [1.29, 1.82) is 0 Å². The van der Waals surface area contributed by atoms with Crippen LogP contribution in [0, 0.1) is 0 Å². The average Bonchev–Trinajstić information content (AvgIpc) is 2.61. The molecule has 0 spiro atoms. The van der Waals surface area contributed by atoms with Crippen molar-refractivity contribution in [3.05, 3.63) is 59.7 Å². The molecule has 0 saturated carbocycles. The van der Waals surface area contributed by atoms with Gasteiger partial charge in [0.15, 0.2) is 0 Å². The predicted molar refractivity (Wildman–Crippen MR) is 100 cm³/mol. The number of hydrogen-bond acceptors (Lipinski definition) is 3. The Morgan fingerprint density at radius 3 is 2.21 bits per heavy atom. The van der Waals surface area contributed by atoms with Crippen molar-refractivity contribution < 1.29 is 27.9 Å². The van der Waals surface area contributed by atoms with Crippen LogP contribution in [-0.2, 0) is 22.2 Å². The van der Waals surface area contributed by atoms with Gasteiger partial charge >= 0.3 is 12.1 Å². The minimum absolute atomic E-state index is 0.0469. The maximum atomic E-state index is 12.3. The molecule has 1 unspecified atom stereocenters. The molecule has 154 valence electrons. The minimum atomic E-state index is -4.43. The fourth-order valence-electron chi connectivity index (χ4n) is 2.45. The molecule has 1 aromatic rings. The monoisotopic (exact) mass is 398 g/mol. The van der Waals surface area contributed by atoms with E-state index >= 15 is 0 Å². The van der Waals surface area contributed by atoms with Crippen LogP contribution in [0.2, 0.25) is 0 Å². The molecular formula is C20H25F3N2O3. The standard InChI is InChI=1S/C12H12F3NO3.C8H13N/c1-7(17)16-10(11(18)19)6-8-2-4-9(5-3-8)12(13,14)15;1-2-8(9)6-4-3-5-7-8/h2-5,10H,6H2,1H3,(H,16,17)(H,18,19);3-6H,2,7,9H2,1H3/t;8-/m.0/s1. The number of benzene rings is 1. The van der Waals surface area contributed by atoms with Crippen molar-refractivity contribution in [2.45, 2.75) is 50.9 Å². The lowest BCUT2D eigenvalue weighted by molar-refractivity contribution is -0.141. The summed E-state index contributed by atoms with van der Waals surface area (Å²) in [7, 11) is 0. The molecule has 0 aromatic heterocycles. The topological polar surface area (TPSA) is 92.4 Å². The second-order valence-electron chi connectivity index (χ2n) is 6.57. The van der Waals surface area contributed by atoms with Crippen LogP contribution >= 0.6 is 0 Å². The summed E-state index contributed by atoms with van der Waals surface area (Å²) in [6, 6.07) is 2.99. The van der Waals surface area contributed by atoms with Crippen LogP contribution in [-0.4, -0.2) is 28.6 Å². The smallest absolute Gasteiger partial charge is 0.416 e. The number of carboxylic acids is 1. The van der Waals surface area contributed by atoms with E-state index in [4.69, 9.17) is 10.8 Å². The first-order valence-electron chi connectivity index (χ1n) is 8.76. The van der Waals surface area contributed by atoms with Crippen molar-refractivity contribution in [3.8, 4) is 0 Å².